The van der Waals surface area contributed by atoms with E-state index < -0.39 is 0 Å². The van der Waals surface area contributed by atoms with Crippen LogP contribution >= 0.6 is 0 Å². The van der Waals surface area contributed by atoms with Crippen LogP contribution in [0.1, 0.15) is 43.6 Å². The molecule has 3 heteroatoms. The molecule has 1 heterocycles. The average molecular weight is 283 g/mol. The fraction of sp³-hybridized carbons (Fsp3) is 0.500. The molecule has 3 rings (SSSR count). The van der Waals surface area contributed by atoms with Crippen LogP contribution in [-0.4, -0.2) is 15.6 Å². The van der Waals surface area contributed by atoms with Crippen LogP contribution in [0.3, 0.4) is 0 Å². The Bertz CT molecular complexity index is 610. The first-order chi connectivity index (χ1) is 10.1. The highest BCUT2D eigenvalue weighted by atomic mass is 15.1. The summed E-state index contributed by atoms with van der Waals surface area (Å²) >= 11 is 0. The number of nitrogens with zero attached hydrogens (tertiary/aromatic N) is 2. The molecule has 1 atom stereocenters. The molecular weight excluding hydrogens is 258 g/mol. The summed E-state index contributed by atoms with van der Waals surface area (Å²) in [6, 6.07) is 9.20. The first-order valence-corrected chi connectivity index (χ1v) is 7.98. The van der Waals surface area contributed by atoms with Crippen molar-refractivity contribution in [1.29, 1.82) is 0 Å². The summed E-state index contributed by atoms with van der Waals surface area (Å²) < 4.78 is 2.27. The van der Waals surface area contributed by atoms with E-state index >= 15 is 0 Å². The number of imidazole rings is 1. The summed E-state index contributed by atoms with van der Waals surface area (Å²) in [6.45, 7) is 7.63. The second kappa shape index (κ2) is 5.64. The van der Waals surface area contributed by atoms with E-state index in [0.717, 1.165) is 13.0 Å². The van der Waals surface area contributed by atoms with E-state index in [4.69, 9.17) is 0 Å². The van der Waals surface area contributed by atoms with E-state index in [9.17, 15) is 0 Å². The average Bonchev–Trinajstić information content (AvgIpc) is 3.09. The van der Waals surface area contributed by atoms with Crippen LogP contribution in [0.4, 0.5) is 0 Å². The van der Waals surface area contributed by atoms with Crippen molar-refractivity contribution >= 4 is 0 Å². The third-order valence-electron chi connectivity index (χ3n) is 4.52. The number of aromatic nitrogens is 2. The Kier molecular flexibility index (Phi) is 3.85. The van der Waals surface area contributed by atoms with E-state index in [-0.39, 0.29) is 5.54 Å². The van der Waals surface area contributed by atoms with Crippen molar-refractivity contribution in [3.8, 4) is 0 Å². The van der Waals surface area contributed by atoms with Gasteiger partial charge in [-0.25, -0.2) is 4.98 Å². The van der Waals surface area contributed by atoms with E-state index in [0.29, 0.717) is 6.04 Å². The molecule has 0 saturated heterocycles. The van der Waals surface area contributed by atoms with Gasteiger partial charge in [-0.15, -0.1) is 0 Å². The number of benzene rings is 1. The lowest BCUT2D eigenvalue weighted by Gasteiger charge is -2.25. The molecular formula is C18H25N3. The zero-order valence-electron chi connectivity index (χ0n) is 13.3. The Morgan fingerprint density at radius 3 is 2.76 bits per heavy atom. The van der Waals surface area contributed by atoms with Crippen molar-refractivity contribution in [2.45, 2.75) is 58.2 Å². The Morgan fingerprint density at radius 1 is 1.33 bits per heavy atom. The van der Waals surface area contributed by atoms with Gasteiger partial charge in [-0.3, -0.25) is 0 Å². The van der Waals surface area contributed by atoms with Crippen LogP contribution in [0.25, 0.3) is 0 Å². The van der Waals surface area contributed by atoms with Gasteiger partial charge in [0, 0.05) is 36.9 Å². The topological polar surface area (TPSA) is 29.9 Å². The second-order valence-corrected chi connectivity index (χ2v) is 6.29. The number of rotatable bonds is 6. The molecule has 1 aliphatic rings. The van der Waals surface area contributed by atoms with Crippen molar-refractivity contribution in [2.75, 3.05) is 0 Å². The molecule has 1 fully saturated rings. The molecule has 1 aromatic heterocycles. The number of nitrogens with one attached hydrogen (secondary N) is 1. The van der Waals surface area contributed by atoms with Gasteiger partial charge in [0.15, 0.2) is 0 Å². The molecule has 2 aromatic rings. The van der Waals surface area contributed by atoms with Crippen LogP contribution in [0.2, 0.25) is 0 Å². The van der Waals surface area contributed by atoms with Crippen LogP contribution in [0.15, 0.2) is 36.7 Å². The highest BCUT2D eigenvalue weighted by molar-refractivity contribution is 5.37. The molecule has 1 aliphatic carbocycles. The van der Waals surface area contributed by atoms with Gasteiger partial charge in [0.25, 0.3) is 0 Å². The third kappa shape index (κ3) is 2.88. The van der Waals surface area contributed by atoms with E-state index in [1.807, 2.05) is 6.20 Å². The predicted octanol–water partition coefficient (Wildman–Crippen LogP) is 3.42. The Hall–Kier alpha value is -1.61. The van der Waals surface area contributed by atoms with Gasteiger partial charge in [-0.05, 0) is 37.8 Å². The van der Waals surface area contributed by atoms with Gasteiger partial charge in [0.2, 0.25) is 0 Å². The maximum absolute atomic E-state index is 4.41. The number of hydrogen-bond acceptors (Lipinski definition) is 2. The minimum absolute atomic E-state index is 0.206. The quantitative estimate of drug-likeness (QED) is 0.880. The fourth-order valence-corrected chi connectivity index (χ4v) is 3.36. The molecule has 0 bridgehead atoms. The standard InChI is InChI=1S/C18H25N3/c1-4-17-19-11-12-21(17)13-15(3)20-18(9-10-18)16-8-6-5-7-14(16)2/h5-8,11-12,15,20H,4,9-10,13H2,1-3H3. The summed E-state index contributed by atoms with van der Waals surface area (Å²) in [5, 5.41) is 3.87. The lowest BCUT2D eigenvalue weighted by Crippen LogP contribution is -2.39. The van der Waals surface area contributed by atoms with Crippen molar-refractivity contribution < 1.29 is 0 Å². The molecule has 1 N–H and O–H groups in total. The van der Waals surface area contributed by atoms with Crippen molar-refractivity contribution in [3.05, 3.63) is 53.6 Å². The molecule has 112 valence electrons. The van der Waals surface area contributed by atoms with Crippen molar-refractivity contribution in [1.82, 2.24) is 14.9 Å². The van der Waals surface area contributed by atoms with Crippen LogP contribution in [0, 0.1) is 6.92 Å². The second-order valence-electron chi connectivity index (χ2n) is 6.29. The third-order valence-corrected chi connectivity index (χ3v) is 4.52. The maximum Gasteiger partial charge on any atom is 0.108 e. The van der Waals surface area contributed by atoms with Gasteiger partial charge < -0.3 is 9.88 Å². The normalized spacial score (nSPS) is 17.7. The van der Waals surface area contributed by atoms with Gasteiger partial charge in [-0.2, -0.15) is 0 Å². The first kappa shape index (κ1) is 14.3. The summed E-state index contributed by atoms with van der Waals surface area (Å²) in [5.41, 5.74) is 3.07. The van der Waals surface area contributed by atoms with Crippen molar-refractivity contribution in [3.63, 3.8) is 0 Å². The fourth-order valence-electron chi connectivity index (χ4n) is 3.36. The molecule has 1 saturated carbocycles. The SMILES string of the molecule is CCc1nccn1CC(C)NC1(c2ccccc2C)CC1. The largest absolute Gasteiger partial charge is 0.333 e. The predicted molar refractivity (Wildman–Crippen MR) is 86.3 cm³/mol. The van der Waals surface area contributed by atoms with Gasteiger partial charge in [0.1, 0.15) is 5.82 Å². The summed E-state index contributed by atoms with van der Waals surface area (Å²) in [4.78, 5) is 4.41. The smallest absolute Gasteiger partial charge is 0.108 e. The van der Waals surface area contributed by atoms with E-state index in [1.54, 1.807) is 0 Å². The molecule has 1 unspecified atom stereocenters. The molecule has 21 heavy (non-hydrogen) atoms. The summed E-state index contributed by atoms with van der Waals surface area (Å²) in [7, 11) is 0. The van der Waals surface area contributed by atoms with E-state index in [1.165, 1.54) is 29.8 Å². The van der Waals surface area contributed by atoms with Gasteiger partial charge in [-0.1, -0.05) is 31.2 Å². The molecule has 0 spiro atoms. The Labute approximate surface area is 127 Å². The number of aryl methyl sites for hydroxylation is 2. The van der Waals surface area contributed by atoms with Gasteiger partial charge >= 0.3 is 0 Å². The van der Waals surface area contributed by atoms with Crippen LogP contribution in [-0.2, 0) is 18.5 Å². The highest BCUT2D eigenvalue weighted by Gasteiger charge is 2.45. The van der Waals surface area contributed by atoms with Crippen LogP contribution in [0.5, 0.6) is 0 Å². The summed E-state index contributed by atoms with van der Waals surface area (Å²) in [6.07, 6.45) is 7.46. The monoisotopic (exact) mass is 283 g/mol. The highest BCUT2D eigenvalue weighted by Crippen LogP contribution is 2.47. The molecule has 0 amide bonds. The van der Waals surface area contributed by atoms with Crippen molar-refractivity contribution in [2.24, 2.45) is 0 Å². The molecule has 1 aromatic carbocycles. The van der Waals surface area contributed by atoms with E-state index in [2.05, 4.69) is 66.1 Å². The zero-order chi connectivity index (χ0) is 14.9. The molecule has 3 nitrogen and oxygen atoms in total. The van der Waals surface area contributed by atoms with Crippen LogP contribution < -0.4 is 5.32 Å². The minimum Gasteiger partial charge on any atom is -0.333 e. The maximum atomic E-state index is 4.41. The lowest BCUT2D eigenvalue weighted by atomic mass is 9.98. The Balaban J connectivity index is 1.70. The molecule has 0 radical (unpaired) electrons. The molecule has 0 aliphatic heterocycles. The summed E-state index contributed by atoms with van der Waals surface area (Å²) in [5.74, 6) is 1.17. The Morgan fingerprint density at radius 2 is 2.10 bits per heavy atom. The van der Waals surface area contributed by atoms with Gasteiger partial charge in [0.05, 0.1) is 0 Å². The number of hydrogen-bond donors (Lipinski definition) is 1. The lowest BCUT2D eigenvalue weighted by molar-refractivity contribution is 0.395. The minimum atomic E-state index is 0.206. The zero-order valence-corrected chi connectivity index (χ0v) is 13.3. The first-order valence-electron chi connectivity index (χ1n) is 7.98.